The molecule has 85 heavy (non-hydrogen) atoms. The third-order valence-electron chi connectivity index (χ3n) is 20.8. The minimum atomic E-state index is -0.509. The molecule has 2 heterocycles. The average Bonchev–Trinajstić information content (AvgIpc) is 4.18. The van der Waals surface area contributed by atoms with Crippen molar-refractivity contribution < 1.29 is 23.9 Å². The van der Waals surface area contributed by atoms with Gasteiger partial charge in [0.1, 0.15) is 5.76 Å². The van der Waals surface area contributed by atoms with Crippen molar-refractivity contribution in [3.63, 3.8) is 0 Å². The largest absolute Gasteiger partial charge is 0.431 e. The van der Waals surface area contributed by atoms with Crippen LogP contribution in [0.25, 0.3) is 0 Å². The molecule has 0 saturated carbocycles. The summed E-state index contributed by atoms with van der Waals surface area (Å²) in [5.74, 6) is -1.26. The first kappa shape index (κ1) is 79.2. The fourth-order valence-corrected chi connectivity index (χ4v) is 15.2. The van der Waals surface area contributed by atoms with Crippen molar-refractivity contribution in [2.75, 3.05) is 0 Å². The quantitative estimate of drug-likeness (QED) is 0.0263. The molecule has 0 N–H and O–H groups in total. The smallest absolute Gasteiger partial charge is 0.317 e. The lowest BCUT2D eigenvalue weighted by Gasteiger charge is -2.34. The molecule has 2 aliphatic heterocycles. The molecule has 2 aliphatic rings. The lowest BCUT2D eigenvalue weighted by Crippen LogP contribution is -2.34. The molecule has 0 bridgehead atoms. The number of cyclic esters (lactones) is 3. The zero-order valence-electron chi connectivity index (χ0n) is 58.5. The van der Waals surface area contributed by atoms with Crippen LogP contribution in [0.15, 0.2) is 24.5 Å². The summed E-state index contributed by atoms with van der Waals surface area (Å²) in [6.45, 7) is 20.0. The second kappa shape index (κ2) is 55.0. The van der Waals surface area contributed by atoms with Crippen molar-refractivity contribution in [1.29, 1.82) is 0 Å². The molecule has 0 radical (unpaired) electrons. The van der Waals surface area contributed by atoms with Crippen molar-refractivity contribution in [1.82, 2.24) is 0 Å². The molecular weight excluding hydrogens is 1040 g/mol. The average molecular weight is 1190 g/mol. The van der Waals surface area contributed by atoms with Gasteiger partial charge in [0.25, 0.3) is 0 Å². The summed E-state index contributed by atoms with van der Waals surface area (Å²) in [5.41, 5.74) is -0.0946. The van der Waals surface area contributed by atoms with Crippen molar-refractivity contribution in [2.24, 2.45) is 46.8 Å². The van der Waals surface area contributed by atoms with E-state index in [4.69, 9.17) is 9.47 Å². The molecule has 5 nitrogen and oxygen atoms in total. The molecular formula is C80H148O5. The summed E-state index contributed by atoms with van der Waals surface area (Å²) in [5, 5.41) is 0. The van der Waals surface area contributed by atoms with E-state index in [0.29, 0.717) is 18.1 Å². The molecule has 2 rings (SSSR count). The molecule has 0 aromatic carbocycles. The van der Waals surface area contributed by atoms with Crippen molar-refractivity contribution in [3.8, 4) is 0 Å². The van der Waals surface area contributed by atoms with Gasteiger partial charge >= 0.3 is 17.9 Å². The second-order valence-electron chi connectivity index (χ2n) is 29.2. The summed E-state index contributed by atoms with van der Waals surface area (Å²) in [6, 6.07) is 0. The first-order valence-corrected chi connectivity index (χ1v) is 38.8. The van der Waals surface area contributed by atoms with Crippen molar-refractivity contribution >= 4 is 17.9 Å². The highest BCUT2D eigenvalue weighted by atomic mass is 16.6. The minimum Gasteiger partial charge on any atom is -0.431 e. The number of hydrogen-bond acceptors (Lipinski definition) is 5. The molecule has 2 saturated heterocycles. The van der Waals surface area contributed by atoms with Crippen LogP contribution in [0.2, 0.25) is 0 Å². The van der Waals surface area contributed by atoms with E-state index in [1.807, 2.05) is 0 Å². The molecule has 7 unspecified atom stereocenters. The highest BCUT2D eigenvalue weighted by Gasteiger charge is 2.52. The van der Waals surface area contributed by atoms with E-state index >= 15 is 0 Å². The summed E-state index contributed by atoms with van der Waals surface area (Å²) < 4.78 is 11.6. The number of unbranched alkanes of at least 4 members (excludes halogenated alkanes) is 50. The Kier molecular flexibility index (Phi) is 51.2. The summed E-state index contributed by atoms with van der Waals surface area (Å²) in [6.07, 6.45) is 81.2. The maximum atomic E-state index is 14.0. The lowest BCUT2D eigenvalue weighted by atomic mass is 9.67. The third kappa shape index (κ3) is 40.5. The summed E-state index contributed by atoms with van der Waals surface area (Å²) in [4.78, 5) is 41.8. The second-order valence-corrected chi connectivity index (χ2v) is 29.2. The van der Waals surface area contributed by atoms with Gasteiger partial charge in [-0.05, 0) is 68.6 Å². The summed E-state index contributed by atoms with van der Waals surface area (Å²) in [7, 11) is 0. The van der Waals surface area contributed by atoms with Crippen LogP contribution in [0.3, 0.4) is 0 Å². The van der Waals surface area contributed by atoms with Gasteiger partial charge in [-0.2, -0.15) is 0 Å². The van der Waals surface area contributed by atoms with E-state index in [-0.39, 0.29) is 47.0 Å². The number of rotatable bonds is 64. The maximum absolute atomic E-state index is 14.0. The molecule has 0 amide bonds. The molecule has 0 aromatic rings. The van der Waals surface area contributed by atoms with Crippen LogP contribution in [0, 0.1) is 46.8 Å². The standard InChI is InChI=1S/C80H148O5/c1-9-13-15-17-19-21-23-25-27-29-31-33-35-37-39-41-43-45-47-49-51-53-55-57-59-61-63-71(66-69(5)6)75-73(77(81)85-79(75)83)67-72(76-74(70(7)84-78(76)82)68-80(8,12-4)65-11-3)64-62-60-58-56-54-52-50-48-46-44-42-40-38-36-34-32-30-28-26-24-22-20-18-16-14-10-2/h11,65,69,71-76H,7,9-10,12-64,66-68H2,1-6,8H3. The number of hydrogen-bond donors (Lipinski definition) is 0. The molecule has 498 valence electrons. The van der Waals surface area contributed by atoms with E-state index < -0.39 is 11.8 Å². The van der Waals surface area contributed by atoms with Gasteiger partial charge in [-0.1, -0.05) is 394 Å². The Morgan fingerprint density at radius 1 is 0.388 bits per heavy atom. The van der Waals surface area contributed by atoms with E-state index in [9.17, 15) is 14.4 Å². The Labute approximate surface area is 531 Å². The Balaban J connectivity index is 1.74. The van der Waals surface area contributed by atoms with Gasteiger partial charge in [-0.15, -0.1) is 0 Å². The minimum absolute atomic E-state index is 0.0673. The molecule has 5 heteroatoms. The van der Waals surface area contributed by atoms with Crippen LogP contribution < -0.4 is 0 Å². The predicted octanol–water partition coefficient (Wildman–Crippen LogP) is 26.8. The SMILES string of the molecule is C=C1OC(=O)C(C(CCCCCCCCCCCCCCCCCCCCCCCCCCCC)CC2C(=O)OC(=O)C2C(CCCCCCCCCCCCCCCCCCCCCCCCCCCC)CC(C)C)C1CC(C)(C=CC)CC. The fraction of sp³-hybridized carbons (Fsp3) is 0.912. The number of carbonyl (C=O) groups excluding carboxylic acids is 3. The predicted molar refractivity (Wildman–Crippen MR) is 370 cm³/mol. The Bertz CT molecular complexity index is 1600. The molecule has 2 fully saturated rings. The fourth-order valence-electron chi connectivity index (χ4n) is 15.2. The lowest BCUT2D eigenvalue weighted by molar-refractivity contribution is -0.154. The van der Waals surface area contributed by atoms with Gasteiger partial charge in [0.15, 0.2) is 0 Å². The van der Waals surface area contributed by atoms with Gasteiger partial charge in [0.05, 0.1) is 17.8 Å². The zero-order chi connectivity index (χ0) is 61.7. The Morgan fingerprint density at radius 2 is 0.659 bits per heavy atom. The van der Waals surface area contributed by atoms with Crippen LogP contribution in [0.1, 0.15) is 421 Å². The van der Waals surface area contributed by atoms with E-state index in [1.54, 1.807) is 0 Å². The van der Waals surface area contributed by atoms with Crippen molar-refractivity contribution in [2.45, 2.75) is 421 Å². The van der Waals surface area contributed by atoms with Gasteiger partial charge < -0.3 is 9.47 Å². The number of carbonyl (C=O) groups is 3. The van der Waals surface area contributed by atoms with Crippen LogP contribution in [-0.4, -0.2) is 17.9 Å². The van der Waals surface area contributed by atoms with E-state index in [2.05, 4.69) is 67.2 Å². The van der Waals surface area contributed by atoms with E-state index in [0.717, 1.165) is 51.4 Å². The topological polar surface area (TPSA) is 69.7 Å². The molecule has 7 atom stereocenters. The van der Waals surface area contributed by atoms with Crippen LogP contribution in [0.5, 0.6) is 0 Å². The van der Waals surface area contributed by atoms with Gasteiger partial charge in [0, 0.05) is 5.92 Å². The highest BCUT2D eigenvalue weighted by molar-refractivity contribution is 5.96. The maximum Gasteiger partial charge on any atom is 0.317 e. The normalized spacial score (nSPS) is 18.8. The van der Waals surface area contributed by atoms with Crippen LogP contribution >= 0.6 is 0 Å². The monoisotopic (exact) mass is 1190 g/mol. The molecule has 0 aromatic heterocycles. The number of ether oxygens (including phenoxy) is 2. The van der Waals surface area contributed by atoms with Gasteiger partial charge in [-0.3, -0.25) is 14.4 Å². The Hall–Kier alpha value is -1.91. The number of esters is 3. The highest BCUT2D eigenvalue weighted by Crippen LogP contribution is 2.49. The zero-order valence-corrected chi connectivity index (χ0v) is 58.5. The van der Waals surface area contributed by atoms with E-state index in [1.165, 1.54) is 315 Å². The van der Waals surface area contributed by atoms with Crippen LogP contribution in [0.4, 0.5) is 0 Å². The van der Waals surface area contributed by atoms with Gasteiger partial charge in [0.2, 0.25) is 0 Å². The Morgan fingerprint density at radius 3 is 0.941 bits per heavy atom. The summed E-state index contributed by atoms with van der Waals surface area (Å²) >= 11 is 0. The number of allylic oxidation sites excluding steroid dienone is 3. The first-order chi connectivity index (χ1) is 41.5. The molecule has 0 aliphatic carbocycles. The van der Waals surface area contributed by atoms with Crippen molar-refractivity contribution in [3.05, 3.63) is 24.5 Å². The first-order valence-electron chi connectivity index (χ1n) is 38.8. The van der Waals surface area contributed by atoms with Gasteiger partial charge in [-0.25, -0.2) is 0 Å². The van der Waals surface area contributed by atoms with Crippen LogP contribution in [-0.2, 0) is 23.9 Å². The third-order valence-corrected chi connectivity index (χ3v) is 20.8. The molecule has 0 spiro atoms.